The first kappa shape index (κ1) is 19.2. The number of carbonyl (C=O) groups is 1. The van der Waals surface area contributed by atoms with Crippen molar-refractivity contribution in [3.05, 3.63) is 47.1 Å². The Kier molecular flexibility index (Phi) is 5.32. The van der Waals surface area contributed by atoms with Gasteiger partial charge in [0.1, 0.15) is 10.6 Å². The molecule has 0 saturated carbocycles. The van der Waals surface area contributed by atoms with Gasteiger partial charge in [-0.3, -0.25) is 10.1 Å². The summed E-state index contributed by atoms with van der Waals surface area (Å²) in [6, 6.07) is 10.5. The van der Waals surface area contributed by atoms with E-state index in [1.165, 1.54) is 36.3 Å². The number of aromatic nitrogens is 4. The highest BCUT2D eigenvalue weighted by Crippen LogP contribution is 2.45. The summed E-state index contributed by atoms with van der Waals surface area (Å²) in [5, 5.41) is 16.0. The minimum absolute atomic E-state index is 0.0332. The van der Waals surface area contributed by atoms with Gasteiger partial charge in [0.05, 0.1) is 14.2 Å². The van der Waals surface area contributed by atoms with Gasteiger partial charge in [-0.2, -0.15) is 5.21 Å². The third kappa shape index (κ3) is 3.74. The Morgan fingerprint density at radius 2 is 1.97 bits per heavy atom. The molecule has 0 aliphatic heterocycles. The zero-order chi connectivity index (χ0) is 20.4. The van der Waals surface area contributed by atoms with Crippen LogP contribution in [0.25, 0.3) is 10.1 Å². The van der Waals surface area contributed by atoms with Crippen LogP contribution in [0.5, 0.6) is 11.5 Å². The van der Waals surface area contributed by atoms with Crippen molar-refractivity contribution in [3.8, 4) is 11.5 Å². The summed E-state index contributed by atoms with van der Waals surface area (Å²) in [4.78, 5) is 14.5. The van der Waals surface area contributed by atoms with Gasteiger partial charge in [-0.15, -0.1) is 16.4 Å². The van der Waals surface area contributed by atoms with Crippen LogP contribution in [0, 0.1) is 5.82 Å². The maximum absolute atomic E-state index is 15.1. The minimum Gasteiger partial charge on any atom is -0.497 e. The van der Waals surface area contributed by atoms with Crippen molar-refractivity contribution in [3.63, 3.8) is 0 Å². The van der Waals surface area contributed by atoms with Gasteiger partial charge in [0, 0.05) is 19.9 Å². The van der Waals surface area contributed by atoms with Crippen LogP contribution in [0.4, 0.5) is 10.3 Å². The molecule has 0 radical (unpaired) electrons. The van der Waals surface area contributed by atoms with E-state index in [1.54, 1.807) is 25.3 Å². The fourth-order valence-corrected chi connectivity index (χ4v) is 4.94. The molecule has 8 nitrogen and oxygen atoms in total. The number of hydrogen-bond donors (Lipinski definition) is 2. The molecule has 2 aromatic carbocycles. The van der Waals surface area contributed by atoms with Crippen molar-refractivity contribution in [2.45, 2.75) is 9.79 Å². The number of anilines is 1. The Morgan fingerprint density at radius 3 is 2.62 bits per heavy atom. The molecule has 0 saturated heterocycles. The van der Waals surface area contributed by atoms with Crippen LogP contribution >= 0.6 is 23.1 Å². The second-order valence-electron chi connectivity index (χ2n) is 5.68. The zero-order valence-corrected chi connectivity index (χ0v) is 16.9. The SMILES string of the molecule is COc1ccc(Sc2c(C(=O)Nc3nn[nH]n3)sc3ccc(OC)c(F)c23)cc1. The quantitative estimate of drug-likeness (QED) is 0.476. The monoisotopic (exact) mass is 431 g/mol. The van der Waals surface area contributed by atoms with E-state index in [1.807, 2.05) is 12.1 Å². The first-order valence-electron chi connectivity index (χ1n) is 8.26. The molecular formula is C18H14FN5O3S2. The van der Waals surface area contributed by atoms with Crippen molar-refractivity contribution in [2.75, 3.05) is 19.5 Å². The molecule has 0 atom stereocenters. The average molecular weight is 431 g/mol. The number of H-pyrrole nitrogens is 1. The average Bonchev–Trinajstić information content (AvgIpc) is 3.37. The molecule has 1 amide bonds. The number of nitrogens with zero attached hydrogens (tertiary/aromatic N) is 3. The van der Waals surface area contributed by atoms with Gasteiger partial charge in [-0.1, -0.05) is 16.9 Å². The number of thiophene rings is 1. The van der Waals surface area contributed by atoms with Crippen LogP contribution in [0.2, 0.25) is 0 Å². The minimum atomic E-state index is -0.518. The summed E-state index contributed by atoms with van der Waals surface area (Å²) in [6.45, 7) is 0. The standard InChI is InChI=1S/C18H14FN5O3S2/c1-26-9-3-5-10(6-4-9)28-15-13-12(8-7-11(27-2)14(13)19)29-16(15)17(25)20-18-21-23-24-22-18/h3-8H,1-2H3,(H2,20,21,22,23,24,25). The number of fused-ring (bicyclic) bond motifs is 1. The molecule has 0 fully saturated rings. The first-order valence-corrected chi connectivity index (χ1v) is 9.89. The molecule has 11 heteroatoms. The summed E-state index contributed by atoms with van der Waals surface area (Å²) in [7, 11) is 2.98. The maximum Gasteiger partial charge on any atom is 0.270 e. The number of carbonyl (C=O) groups excluding carboxylic acids is 1. The van der Waals surface area contributed by atoms with Gasteiger partial charge >= 0.3 is 0 Å². The highest BCUT2D eigenvalue weighted by Gasteiger charge is 2.24. The molecule has 0 aliphatic carbocycles. The summed E-state index contributed by atoms with van der Waals surface area (Å²) < 4.78 is 26.0. The van der Waals surface area contributed by atoms with Gasteiger partial charge in [-0.05, 0) is 41.6 Å². The number of aromatic amines is 1. The molecule has 0 spiro atoms. The molecule has 29 heavy (non-hydrogen) atoms. The third-order valence-corrected chi connectivity index (χ3v) is 6.39. The Bertz CT molecular complexity index is 1160. The molecule has 2 N–H and O–H groups in total. The number of hydrogen-bond acceptors (Lipinski definition) is 8. The van der Waals surface area contributed by atoms with E-state index in [4.69, 9.17) is 9.47 Å². The van der Waals surface area contributed by atoms with Crippen molar-refractivity contribution in [1.82, 2.24) is 20.6 Å². The fourth-order valence-electron chi connectivity index (χ4n) is 2.64. The van der Waals surface area contributed by atoms with Crippen LogP contribution in [0.15, 0.2) is 46.2 Å². The summed E-state index contributed by atoms with van der Waals surface area (Å²) in [5.74, 6) is -0.131. The third-order valence-electron chi connectivity index (χ3n) is 3.99. The molecule has 4 rings (SSSR count). The first-order chi connectivity index (χ1) is 14.1. The Hall–Kier alpha value is -3.18. The summed E-state index contributed by atoms with van der Waals surface area (Å²) in [6.07, 6.45) is 0. The number of rotatable bonds is 6. The normalized spacial score (nSPS) is 10.9. The van der Waals surface area contributed by atoms with Crippen molar-refractivity contribution >= 4 is 45.0 Å². The number of ether oxygens (including phenoxy) is 2. The van der Waals surface area contributed by atoms with Crippen molar-refractivity contribution < 1.29 is 18.7 Å². The highest BCUT2D eigenvalue weighted by atomic mass is 32.2. The van der Waals surface area contributed by atoms with Crippen LogP contribution < -0.4 is 14.8 Å². The van der Waals surface area contributed by atoms with Gasteiger partial charge in [0.2, 0.25) is 0 Å². The molecular weight excluding hydrogens is 417 g/mol. The Morgan fingerprint density at radius 1 is 1.17 bits per heavy atom. The van der Waals surface area contributed by atoms with E-state index in [0.29, 0.717) is 25.6 Å². The number of methoxy groups -OCH3 is 2. The lowest BCUT2D eigenvalue weighted by atomic mass is 10.2. The summed E-state index contributed by atoms with van der Waals surface area (Å²) >= 11 is 2.45. The van der Waals surface area contributed by atoms with Crippen molar-refractivity contribution in [2.24, 2.45) is 0 Å². The molecule has 0 unspecified atom stereocenters. The van der Waals surface area contributed by atoms with E-state index in [2.05, 4.69) is 25.9 Å². The number of nitrogens with one attached hydrogen (secondary N) is 2. The van der Waals surface area contributed by atoms with Crippen LogP contribution in [0.3, 0.4) is 0 Å². The van der Waals surface area contributed by atoms with E-state index >= 15 is 4.39 Å². The molecule has 148 valence electrons. The number of tetrazole rings is 1. The van der Waals surface area contributed by atoms with E-state index in [0.717, 1.165) is 4.90 Å². The molecule has 2 aromatic heterocycles. The maximum atomic E-state index is 15.1. The predicted octanol–water partition coefficient (Wildman–Crippen LogP) is 3.97. The van der Waals surface area contributed by atoms with Crippen LogP contribution in [0.1, 0.15) is 9.67 Å². The second-order valence-corrected chi connectivity index (χ2v) is 7.82. The molecule has 0 aliphatic rings. The lowest BCUT2D eigenvalue weighted by Gasteiger charge is -2.07. The van der Waals surface area contributed by atoms with Gasteiger partial charge in [0.15, 0.2) is 11.6 Å². The van der Waals surface area contributed by atoms with Crippen LogP contribution in [-0.2, 0) is 0 Å². The van der Waals surface area contributed by atoms with Crippen LogP contribution in [-0.4, -0.2) is 40.8 Å². The number of amides is 1. The Balaban J connectivity index is 1.81. The lowest BCUT2D eigenvalue weighted by Crippen LogP contribution is -2.12. The van der Waals surface area contributed by atoms with Gasteiger partial charge in [-0.25, -0.2) is 4.39 Å². The predicted molar refractivity (Wildman–Crippen MR) is 108 cm³/mol. The molecule has 2 heterocycles. The second kappa shape index (κ2) is 8.05. The number of benzene rings is 2. The topological polar surface area (TPSA) is 102 Å². The van der Waals surface area contributed by atoms with Crippen molar-refractivity contribution in [1.29, 1.82) is 0 Å². The number of halogens is 1. The van der Waals surface area contributed by atoms with E-state index < -0.39 is 11.7 Å². The summed E-state index contributed by atoms with van der Waals surface area (Å²) in [5.41, 5.74) is 0. The Labute approximate surface area is 172 Å². The van der Waals surface area contributed by atoms with E-state index in [9.17, 15) is 4.79 Å². The largest absolute Gasteiger partial charge is 0.497 e. The van der Waals surface area contributed by atoms with Gasteiger partial charge < -0.3 is 9.47 Å². The lowest BCUT2D eigenvalue weighted by molar-refractivity contribution is 0.102. The van der Waals surface area contributed by atoms with E-state index in [-0.39, 0.29) is 11.7 Å². The fraction of sp³-hybridized carbons (Fsp3) is 0.111. The van der Waals surface area contributed by atoms with Gasteiger partial charge in [0.25, 0.3) is 11.9 Å². The molecule has 0 bridgehead atoms. The smallest absolute Gasteiger partial charge is 0.270 e. The zero-order valence-electron chi connectivity index (χ0n) is 15.2. The molecule has 4 aromatic rings. The highest BCUT2D eigenvalue weighted by molar-refractivity contribution is 7.99.